The van der Waals surface area contributed by atoms with Gasteiger partial charge in [0.1, 0.15) is 0 Å². The molecule has 1 aromatic rings. The molecule has 2 saturated heterocycles. The van der Waals surface area contributed by atoms with Crippen LogP contribution >= 0.6 is 0 Å². The standard InChI is InChI=1S/C16H22N2O/c1-10-5-11(2)7-12(6-10)16(19)18-14-3-4-15(18)9-13(17)8-14/h5-7,13-15H,3-4,8-9,17H2,1-2H3. The molecule has 3 rings (SSSR count). The number of amides is 1. The van der Waals surface area contributed by atoms with Crippen LogP contribution in [0, 0.1) is 13.8 Å². The molecule has 2 heterocycles. The van der Waals surface area contributed by atoms with E-state index in [2.05, 4.69) is 11.0 Å². The fraction of sp³-hybridized carbons (Fsp3) is 0.562. The number of benzene rings is 1. The highest BCUT2D eigenvalue weighted by Gasteiger charge is 2.42. The van der Waals surface area contributed by atoms with Crippen molar-refractivity contribution in [2.75, 3.05) is 0 Å². The fourth-order valence-corrected chi connectivity index (χ4v) is 3.80. The third-order valence-corrected chi connectivity index (χ3v) is 4.47. The maximum Gasteiger partial charge on any atom is 0.254 e. The lowest BCUT2D eigenvalue weighted by molar-refractivity contribution is 0.0575. The largest absolute Gasteiger partial charge is 0.333 e. The van der Waals surface area contributed by atoms with Crippen molar-refractivity contribution < 1.29 is 4.79 Å². The molecule has 1 amide bonds. The first-order valence-corrected chi connectivity index (χ1v) is 7.21. The van der Waals surface area contributed by atoms with E-state index in [1.54, 1.807) is 0 Å². The Labute approximate surface area is 114 Å². The number of aryl methyl sites for hydroxylation is 2. The van der Waals surface area contributed by atoms with Crippen LogP contribution in [0.25, 0.3) is 0 Å². The Balaban J connectivity index is 1.88. The number of carbonyl (C=O) groups excluding carboxylic acids is 1. The van der Waals surface area contributed by atoms with E-state index in [9.17, 15) is 4.79 Å². The van der Waals surface area contributed by atoms with E-state index >= 15 is 0 Å². The molecule has 2 bridgehead atoms. The molecule has 2 aliphatic rings. The molecule has 0 spiro atoms. The maximum absolute atomic E-state index is 12.8. The molecular formula is C16H22N2O. The summed E-state index contributed by atoms with van der Waals surface area (Å²) in [5.41, 5.74) is 9.22. The van der Waals surface area contributed by atoms with Crippen LogP contribution in [0.3, 0.4) is 0 Å². The van der Waals surface area contributed by atoms with E-state index in [-0.39, 0.29) is 11.9 Å². The second kappa shape index (κ2) is 4.64. The van der Waals surface area contributed by atoms with Crippen molar-refractivity contribution >= 4 is 5.91 Å². The van der Waals surface area contributed by atoms with Crippen molar-refractivity contribution in [1.29, 1.82) is 0 Å². The molecule has 2 atom stereocenters. The predicted octanol–water partition coefficient (Wildman–Crippen LogP) is 2.40. The highest BCUT2D eigenvalue weighted by Crippen LogP contribution is 2.36. The minimum Gasteiger partial charge on any atom is -0.333 e. The van der Waals surface area contributed by atoms with Crippen molar-refractivity contribution in [3.05, 3.63) is 34.9 Å². The molecule has 3 heteroatoms. The van der Waals surface area contributed by atoms with E-state index < -0.39 is 0 Å². The molecule has 0 saturated carbocycles. The molecule has 2 unspecified atom stereocenters. The van der Waals surface area contributed by atoms with Crippen LogP contribution < -0.4 is 5.73 Å². The van der Waals surface area contributed by atoms with Gasteiger partial charge in [0.05, 0.1) is 0 Å². The Morgan fingerprint density at radius 3 is 2.16 bits per heavy atom. The number of piperidine rings is 1. The normalized spacial score (nSPS) is 29.6. The summed E-state index contributed by atoms with van der Waals surface area (Å²) in [5.74, 6) is 0.200. The van der Waals surface area contributed by atoms with Crippen molar-refractivity contribution in [1.82, 2.24) is 4.90 Å². The van der Waals surface area contributed by atoms with Gasteiger partial charge in [-0.05, 0) is 51.7 Å². The van der Waals surface area contributed by atoms with Crippen LogP contribution in [0.1, 0.15) is 47.2 Å². The highest BCUT2D eigenvalue weighted by atomic mass is 16.2. The zero-order chi connectivity index (χ0) is 13.6. The Kier molecular flexibility index (Phi) is 3.09. The van der Waals surface area contributed by atoms with Gasteiger partial charge in [-0.15, -0.1) is 0 Å². The summed E-state index contributed by atoms with van der Waals surface area (Å²) >= 11 is 0. The summed E-state index contributed by atoms with van der Waals surface area (Å²) in [6.45, 7) is 4.09. The molecule has 0 radical (unpaired) electrons. The SMILES string of the molecule is Cc1cc(C)cc(C(=O)N2C3CCC2CC(N)C3)c1. The lowest BCUT2D eigenvalue weighted by Gasteiger charge is -2.37. The van der Waals surface area contributed by atoms with Gasteiger partial charge in [0.15, 0.2) is 0 Å². The second-order valence-electron chi connectivity index (χ2n) is 6.21. The quantitative estimate of drug-likeness (QED) is 0.840. The topological polar surface area (TPSA) is 46.3 Å². The molecule has 19 heavy (non-hydrogen) atoms. The fourth-order valence-electron chi connectivity index (χ4n) is 3.80. The van der Waals surface area contributed by atoms with Crippen LogP contribution in [0.15, 0.2) is 18.2 Å². The van der Waals surface area contributed by atoms with Gasteiger partial charge in [0, 0.05) is 23.7 Å². The summed E-state index contributed by atoms with van der Waals surface area (Å²) in [5, 5.41) is 0. The van der Waals surface area contributed by atoms with Crippen molar-refractivity contribution in [3.8, 4) is 0 Å². The van der Waals surface area contributed by atoms with Crippen molar-refractivity contribution in [3.63, 3.8) is 0 Å². The van der Waals surface area contributed by atoms with E-state index in [1.807, 2.05) is 26.0 Å². The Morgan fingerprint density at radius 1 is 1.11 bits per heavy atom. The number of hydrogen-bond donors (Lipinski definition) is 1. The average Bonchev–Trinajstić information content (AvgIpc) is 2.59. The number of hydrogen-bond acceptors (Lipinski definition) is 2. The van der Waals surface area contributed by atoms with Crippen LogP contribution in [0.2, 0.25) is 0 Å². The van der Waals surface area contributed by atoms with Gasteiger partial charge in [-0.1, -0.05) is 17.2 Å². The van der Waals surface area contributed by atoms with Crippen molar-refractivity contribution in [2.45, 2.75) is 57.7 Å². The third-order valence-electron chi connectivity index (χ3n) is 4.47. The Bertz CT molecular complexity index is 477. The van der Waals surface area contributed by atoms with E-state index in [0.717, 1.165) is 42.4 Å². The molecule has 2 fully saturated rings. The Morgan fingerprint density at radius 2 is 1.63 bits per heavy atom. The first-order valence-electron chi connectivity index (χ1n) is 7.21. The zero-order valence-corrected chi connectivity index (χ0v) is 11.7. The first kappa shape index (κ1) is 12.7. The summed E-state index contributed by atoms with van der Waals surface area (Å²) in [4.78, 5) is 14.9. The molecular weight excluding hydrogens is 236 g/mol. The van der Waals surface area contributed by atoms with Crippen LogP contribution in [-0.4, -0.2) is 28.9 Å². The number of nitrogens with two attached hydrogens (primary N) is 1. The number of nitrogens with zero attached hydrogens (tertiary/aromatic N) is 1. The Hall–Kier alpha value is -1.35. The van der Waals surface area contributed by atoms with E-state index in [1.165, 1.54) is 0 Å². The smallest absolute Gasteiger partial charge is 0.254 e. The summed E-state index contributed by atoms with van der Waals surface area (Å²) in [6, 6.07) is 7.12. The molecule has 2 N–H and O–H groups in total. The molecule has 0 aliphatic carbocycles. The minimum atomic E-state index is 0.200. The van der Waals surface area contributed by atoms with Crippen LogP contribution in [0.4, 0.5) is 0 Å². The molecule has 102 valence electrons. The zero-order valence-electron chi connectivity index (χ0n) is 11.7. The van der Waals surface area contributed by atoms with E-state index in [4.69, 9.17) is 5.73 Å². The van der Waals surface area contributed by atoms with E-state index in [0.29, 0.717) is 12.1 Å². The molecule has 3 nitrogen and oxygen atoms in total. The first-order chi connectivity index (χ1) is 9.04. The van der Waals surface area contributed by atoms with Gasteiger partial charge in [-0.2, -0.15) is 0 Å². The van der Waals surface area contributed by atoms with Gasteiger partial charge >= 0.3 is 0 Å². The predicted molar refractivity (Wildman–Crippen MR) is 76.1 cm³/mol. The number of carbonyl (C=O) groups is 1. The molecule has 1 aromatic carbocycles. The third kappa shape index (κ3) is 2.27. The lowest BCUT2D eigenvalue weighted by atomic mass is 9.96. The minimum absolute atomic E-state index is 0.200. The van der Waals surface area contributed by atoms with Crippen molar-refractivity contribution in [2.24, 2.45) is 5.73 Å². The van der Waals surface area contributed by atoms with Crippen LogP contribution in [0.5, 0.6) is 0 Å². The van der Waals surface area contributed by atoms with Gasteiger partial charge in [-0.3, -0.25) is 4.79 Å². The van der Waals surface area contributed by atoms with Gasteiger partial charge in [0.2, 0.25) is 0 Å². The molecule has 0 aromatic heterocycles. The second-order valence-corrected chi connectivity index (χ2v) is 6.21. The van der Waals surface area contributed by atoms with Gasteiger partial charge < -0.3 is 10.6 Å². The van der Waals surface area contributed by atoms with Crippen LogP contribution in [-0.2, 0) is 0 Å². The maximum atomic E-state index is 12.8. The monoisotopic (exact) mass is 258 g/mol. The van der Waals surface area contributed by atoms with Gasteiger partial charge in [0.25, 0.3) is 5.91 Å². The lowest BCUT2D eigenvalue weighted by Crippen LogP contribution is -2.50. The summed E-state index contributed by atoms with van der Waals surface area (Å²) < 4.78 is 0. The number of rotatable bonds is 1. The number of fused-ring (bicyclic) bond motifs is 2. The molecule has 2 aliphatic heterocycles. The summed E-state index contributed by atoms with van der Waals surface area (Å²) in [6.07, 6.45) is 4.17. The highest BCUT2D eigenvalue weighted by molar-refractivity contribution is 5.95. The average molecular weight is 258 g/mol. The summed E-state index contributed by atoms with van der Waals surface area (Å²) in [7, 11) is 0. The van der Waals surface area contributed by atoms with Gasteiger partial charge in [-0.25, -0.2) is 0 Å².